The van der Waals surface area contributed by atoms with Crippen molar-refractivity contribution in [2.75, 3.05) is 24.7 Å². The smallest absolute Gasteiger partial charge is 0.131 e. The molecule has 0 radical (unpaired) electrons. The van der Waals surface area contributed by atoms with Gasteiger partial charge in [-0.05, 0) is 6.42 Å². The van der Waals surface area contributed by atoms with Crippen LogP contribution in [0.5, 0.6) is 0 Å². The summed E-state index contributed by atoms with van der Waals surface area (Å²) in [5.41, 5.74) is 7.88. The van der Waals surface area contributed by atoms with Gasteiger partial charge in [0.15, 0.2) is 0 Å². The molecule has 1 aromatic rings. The first-order valence-electron chi connectivity index (χ1n) is 7.07. The molecule has 0 aromatic carbocycles. The van der Waals surface area contributed by atoms with Gasteiger partial charge in [-0.2, -0.15) is 0 Å². The maximum absolute atomic E-state index is 5.87. The fraction of sp³-hybridized carbons (Fsp3) is 0.714. The minimum atomic E-state index is 0.325. The molecule has 1 aliphatic heterocycles. The van der Waals surface area contributed by atoms with E-state index in [1.165, 1.54) is 0 Å². The van der Waals surface area contributed by atoms with Crippen molar-refractivity contribution in [2.24, 2.45) is 5.73 Å². The third-order valence-corrected chi connectivity index (χ3v) is 3.58. The average Bonchev–Trinajstić information content (AvgIpc) is 2.46. The van der Waals surface area contributed by atoms with Crippen LogP contribution in [-0.4, -0.2) is 35.8 Å². The van der Waals surface area contributed by atoms with E-state index >= 15 is 0 Å². The van der Waals surface area contributed by atoms with Gasteiger partial charge in [-0.1, -0.05) is 20.8 Å². The fourth-order valence-electron chi connectivity index (χ4n) is 2.40. The Morgan fingerprint density at radius 2 is 2.32 bits per heavy atom. The Bertz CT molecular complexity index is 422. The lowest BCUT2D eigenvalue weighted by atomic mass is 10.1. The SMILES string of the molecule is CCC1COCCN1c1cnc(C(C)C)nc1CN. The quantitative estimate of drug-likeness (QED) is 0.896. The van der Waals surface area contributed by atoms with E-state index < -0.39 is 0 Å². The summed E-state index contributed by atoms with van der Waals surface area (Å²) in [6, 6.07) is 0.396. The second-order valence-corrected chi connectivity index (χ2v) is 5.25. The van der Waals surface area contributed by atoms with E-state index in [0.717, 1.165) is 43.4 Å². The van der Waals surface area contributed by atoms with Crippen LogP contribution in [-0.2, 0) is 11.3 Å². The number of hydrogen-bond acceptors (Lipinski definition) is 5. The first-order chi connectivity index (χ1) is 9.17. The monoisotopic (exact) mass is 264 g/mol. The lowest BCUT2D eigenvalue weighted by Crippen LogP contribution is -2.46. The van der Waals surface area contributed by atoms with Crippen LogP contribution in [0.3, 0.4) is 0 Å². The van der Waals surface area contributed by atoms with Crippen LogP contribution in [0.15, 0.2) is 6.20 Å². The van der Waals surface area contributed by atoms with Crippen molar-refractivity contribution in [3.05, 3.63) is 17.7 Å². The summed E-state index contributed by atoms with van der Waals surface area (Å²) in [4.78, 5) is 11.4. The molecular formula is C14H24N4O. The number of anilines is 1. The predicted octanol–water partition coefficient (Wildman–Crippen LogP) is 1.67. The van der Waals surface area contributed by atoms with E-state index in [1.54, 1.807) is 0 Å². The van der Waals surface area contributed by atoms with Gasteiger partial charge < -0.3 is 15.4 Å². The highest BCUT2D eigenvalue weighted by atomic mass is 16.5. The van der Waals surface area contributed by atoms with Gasteiger partial charge in [0, 0.05) is 19.0 Å². The van der Waals surface area contributed by atoms with Gasteiger partial charge in [0.05, 0.1) is 36.8 Å². The largest absolute Gasteiger partial charge is 0.377 e. The standard InChI is InChI=1S/C14H24N4O/c1-4-11-9-19-6-5-18(11)13-8-16-14(10(2)3)17-12(13)7-15/h8,10-11H,4-7,9,15H2,1-3H3. The van der Waals surface area contributed by atoms with Gasteiger partial charge in [0.25, 0.3) is 0 Å². The van der Waals surface area contributed by atoms with Gasteiger partial charge in [-0.15, -0.1) is 0 Å². The molecule has 5 nitrogen and oxygen atoms in total. The molecule has 2 rings (SSSR count). The third-order valence-electron chi connectivity index (χ3n) is 3.58. The molecule has 0 spiro atoms. The van der Waals surface area contributed by atoms with E-state index in [0.29, 0.717) is 18.5 Å². The predicted molar refractivity (Wildman–Crippen MR) is 76.3 cm³/mol. The summed E-state index contributed by atoms with van der Waals surface area (Å²) in [7, 11) is 0. The molecule has 1 fully saturated rings. The second kappa shape index (κ2) is 6.30. The van der Waals surface area contributed by atoms with Crippen molar-refractivity contribution in [1.82, 2.24) is 9.97 Å². The summed E-state index contributed by atoms with van der Waals surface area (Å²) in [5.74, 6) is 1.19. The van der Waals surface area contributed by atoms with Crippen molar-refractivity contribution < 1.29 is 4.74 Å². The Morgan fingerprint density at radius 3 is 2.95 bits per heavy atom. The molecule has 0 saturated carbocycles. The number of hydrogen-bond donors (Lipinski definition) is 1. The number of ether oxygens (including phenoxy) is 1. The zero-order chi connectivity index (χ0) is 13.8. The highest BCUT2D eigenvalue weighted by Crippen LogP contribution is 2.24. The molecule has 2 heterocycles. The van der Waals surface area contributed by atoms with E-state index in [2.05, 4.69) is 35.6 Å². The molecule has 0 bridgehead atoms. The van der Waals surface area contributed by atoms with E-state index in [4.69, 9.17) is 10.5 Å². The van der Waals surface area contributed by atoms with E-state index in [-0.39, 0.29) is 0 Å². The Labute approximate surface area is 115 Å². The van der Waals surface area contributed by atoms with Gasteiger partial charge in [0.2, 0.25) is 0 Å². The summed E-state index contributed by atoms with van der Waals surface area (Å²) in [5, 5.41) is 0. The molecule has 106 valence electrons. The van der Waals surface area contributed by atoms with Gasteiger partial charge in [-0.25, -0.2) is 9.97 Å². The molecular weight excluding hydrogens is 240 g/mol. The van der Waals surface area contributed by atoms with Crippen LogP contribution in [0.4, 0.5) is 5.69 Å². The number of nitrogens with two attached hydrogens (primary N) is 1. The Kier molecular flexibility index (Phi) is 4.71. The first-order valence-corrected chi connectivity index (χ1v) is 7.07. The third kappa shape index (κ3) is 3.04. The van der Waals surface area contributed by atoms with Crippen LogP contribution >= 0.6 is 0 Å². The molecule has 1 aliphatic rings. The van der Waals surface area contributed by atoms with Crippen LogP contribution in [0.1, 0.15) is 44.6 Å². The minimum Gasteiger partial charge on any atom is -0.377 e. The normalized spacial score (nSPS) is 20.1. The number of aromatic nitrogens is 2. The topological polar surface area (TPSA) is 64.3 Å². The first kappa shape index (κ1) is 14.2. The summed E-state index contributed by atoms with van der Waals surface area (Å²) < 4.78 is 5.55. The number of rotatable bonds is 4. The van der Waals surface area contributed by atoms with Gasteiger partial charge in [0.1, 0.15) is 5.82 Å². The van der Waals surface area contributed by atoms with Gasteiger partial charge >= 0.3 is 0 Å². The minimum absolute atomic E-state index is 0.325. The molecule has 1 unspecified atom stereocenters. The Hall–Kier alpha value is -1.20. The maximum atomic E-state index is 5.87. The molecule has 1 saturated heterocycles. The molecule has 0 aliphatic carbocycles. The Balaban J connectivity index is 2.32. The maximum Gasteiger partial charge on any atom is 0.131 e. The van der Waals surface area contributed by atoms with Crippen molar-refractivity contribution in [2.45, 2.75) is 45.7 Å². The molecule has 0 amide bonds. The summed E-state index contributed by atoms with van der Waals surface area (Å²) >= 11 is 0. The fourth-order valence-corrected chi connectivity index (χ4v) is 2.40. The van der Waals surface area contributed by atoms with E-state index in [9.17, 15) is 0 Å². The zero-order valence-electron chi connectivity index (χ0n) is 12.1. The number of morpholine rings is 1. The molecule has 2 N–H and O–H groups in total. The van der Waals surface area contributed by atoms with Crippen molar-refractivity contribution in [1.29, 1.82) is 0 Å². The molecule has 19 heavy (non-hydrogen) atoms. The molecule has 1 atom stereocenters. The lowest BCUT2D eigenvalue weighted by Gasteiger charge is -2.37. The Morgan fingerprint density at radius 1 is 1.53 bits per heavy atom. The van der Waals surface area contributed by atoms with Gasteiger partial charge in [-0.3, -0.25) is 0 Å². The average molecular weight is 264 g/mol. The lowest BCUT2D eigenvalue weighted by molar-refractivity contribution is 0.0928. The zero-order valence-corrected chi connectivity index (χ0v) is 12.1. The summed E-state index contributed by atoms with van der Waals surface area (Å²) in [6.07, 6.45) is 2.98. The highest BCUT2D eigenvalue weighted by molar-refractivity contribution is 5.50. The van der Waals surface area contributed by atoms with Crippen LogP contribution in [0.25, 0.3) is 0 Å². The van der Waals surface area contributed by atoms with Crippen LogP contribution < -0.4 is 10.6 Å². The number of nitrogens with zero attached hydrogens (tertiary/aromatic N) is 3. The highest BCUT2D eigenvalue weighted by Gasteiger charge is 2.24. The van der Waals surface area contributed by atoms with E-state index in [1.807, 2.05) is 6.20 Å². The second-order valence-electron chi connectivity index (χ2n) is 5.25. The van der Waals surface area contributed by atoms with Crippen molar-refractivity contribution >= 4 is 5.69 Å². The summed E-state index contributed by atoms with van der Waals surface area (Å²) in [6.45, 7) is 9.23. The molecule has 5 heteroatoms. The van der Waals surface area contributed by atoms with Crippen LogP contribution in [0.2, 0.25) is 0 Å². The van der Waals surface area contributed by atoms with Crippen LogP contribution in [0, 0.1) is 0 Å². The van der Waals surface area contributed by atoms with Crippen molar-refractivity contribution in [3.8, 4) is 0 Å². The molecule has 1 aromatic heterocycles. The van der Waals surface area contributed by atoms with Crippen molar-refractivity contribution in [3.63, 3.8) is 0 Å².